The van der Waals surface area contributed by atoms with Crippen LogP contribution >= 0.6 is 11.6 Å². The number of hydrogen-bond donors (Lipinski definition) is 2. The molecule has 0 saturated carbocycles. The number of nitrogens with one attached hydrogen (secondary N) is 2. The summed E-state index contributed by atoms with van der Waals surface area (Å²) in [6, 6.07) is 23.6. The Bertz CT molecular complexity index is 1360. The average molecular weight is 520 g/mol. The van der Waals surface area contributed by atoms with Gasteiger partial charge in [-0.15, -0.1) is 0 Å². The molecule has 0 radical (unpaired) electrons. The van der Waals surface area contributed by atoms with Gasteiger partial charge >= 0.3 is 6.03 Å². The minimum absolute atomic E-state index is 0.187. The third-order valence-corrected chi connectivity index (χ3v) is 5.85. The minimum atomic E-state index is -0.481. The number of amides is 3. The van der Waals surface area contributed by atoms with Gasteiger partial charge in [-0.05, 0) is 48.9 Å². The molecule has 1 aromatic heterocycles. The van der Waals surface area contributed by atoms with Crippen LogP contribution in [0.2, 0.25) is 5.02 Å². The number of carbonyl (C=O) groups is 2. The van der Waals surface area contributed by atoms with Gasteiger partial charge in [0.2, 0.25) is 5.91 Å². The van der Waals surface area contributed by atoms with E-state index in [-0.39, 0.29) is 12.5 Å². The van der Waals surface area contributed by atoms with Gasteiger partial charge in [0.25, 0.3) is 0 Å². The number of benzene rings is 3. The van der Waals surface area contributed by atoms with E-state index in [1.54, 1.807) is 41.1 Å². The predicted octanol–water partition coefficient (Wildman–Crippen LogP) is 6.60. The fourth-order valence-electron chi connectivity index (χ4n) is 3.73. The fourth-order valence-corrected chi connectivity index (χ4v) is 3.85. The molecule has 7 nitrogen and oxygen atoms in total. The third-order valence-electron chi connectivity index (χ3n) is 5.60. The third kappa shape index (κ3) is 6.95. The van der Waals surface area contributed by atoms with E-state index in [9.17, 15) is 14.0 Å². The van der Waals surface area contributed by atoms with Crippen LogP contribution in [0.25, 0.3) is 16.9 Å². The van der Waals surface area contributed by atoms with Gasteiger partial charge in [-0.1, -0.05) is 61.3 Å². The van der Waals surface area contributed by atoms with E-state index in [1.165, 1.54) is 23.1 Å². The summed E-state index contributed by atoms with van der Waals surface area (Å²) in [6.07, 6.45) is 1.56. The number of aromatic nitrogens is 2. The zero-order chi connectivity index (χ0) is 26.2. The van der Waals surface area contributed by atoms with E-state index < -0.39 is 11.8 Å². The highest BCUT2D eigenvalue weighted by atomic mass is 35.5. The molecule has 0 aliphatic rings. The van der Waals surface area contributed by atoms with Crippen molar-refractivity contribution < 1.29 is 14.0 Å². The lowest BCUT2D eigenvalue weighted by atomic mass is 10.1. The summed E-state index contributed by atoms with van der Waals surface area (Å²) in [7, 11) is 0. The second-order valence-corrected chi connectivity index (χ2v) is 8.87. The summed E-state index contributed by atoms with van der Waals surface area (Å²) < 4.78 is 15.2. The number of carbonyl (C=O) groups excluding carboxylic acids is 2. The molecular weight excluding hydrogens is 493 g/mol. The summed E-state index contributed by atoms with van der Waals surface area (Å²) in [6.45, 7) is 2.18. The van der Waals surface area contributed by atoms with Crippen LogP contribution in [0.1, 0.15) is 19.8 Å². The Kier molecular flexibility index (Phi) is 8.53. The first-order valence-corrected chi connectivity index (χ1v) is 12.3. The topological polar surface area (TPSA) is 79.3 Å². The molecular formula is C28H27ClFN5O2. The molecule has 3 aromatic carbocycles. The highest BCUT2D eigenvalue weighted by molar-refractivity contribution is 6.30. The van der Waals surface area contributed by atoms with Crippen LogP contribution in [0.4, 0.5) is 20.7 Å². The number of rotatable bonds is 9. The van der Waals surface area contributed by atoms with Gasteiger partial charge < -0.3 is 15.5 Å². The summed E-state index contributed by atoms with van der Waals surface area (Å²) in [5, 5.41) is 10.8. The van der Waals surface area contributed by atoms with Gasteiger partial charge in [0.15, 0.2) is 0 Å². The van der Waals surface area contributed by atoms with Crippen LogP contribution in [-0.4, -0.2) is 39.7 Å². The first kappa shape index (κ1) is 25.9. The summed E-state index contributed by atoms with van der Waals surface area (Å²) in [4.78, 5) is 27.4. The Labute approximate surface area is 219 Å². The van der Waals surface area contributed by atoms with Crippen molar-refractivity contribution in [1.82, 2.24) is 14.7 Å². The van der Waals surface area contributed by atoms with Crippen molar-refractivity contribution in [3.8, 4) is 16.9 Å². The first-order chi connectivity index (χ1) is 17.9. The molecule has 0 atom stereocenters. The number of halogens is 2. The van der Waals surface area contributed by atoms with Gasteiger partial charge in [0, 0.05) is 28.9 Å². The molecule has 37 heavy (non-hydrogen) atoms. The van der Waals surface area contributed by atoms with Crippen LogP contribution in [0.3, 0.4) is 0 Å². The van der Waals surface area contributed by atoms with Crippen LogP contribution in [-0.2, 0) is 4.79 Å². The standard InChI is InChI=1S/C28H27ClFN5O2/c1-2-3-16-34(28(37)31-23-11-7-10-22(30)17-23)19-27(36)32-26-18-25(20-8-5-4-6-9-20)33-35(26)24-14-12-21(29)13-15-24/h4-15,17-18H,2-3,16,19H2,1H3,(H,31,37)(H,32,36). The minimum Gasteiger partial charge on any atom is -0.315 e. The zero-order valence-corrected chi connectivity index (χ0v) is 21.1. The maximum Gasteiger partial charge on any atom is 0.322 e. The number of anilines is 2. The zero-order valence-electron chi connectivity index (χ0n) is 20.3. The Hall–Kier alpha value is -4.17. The van der Waals surface area contributed by atoms with E-state index >= 15 is 0 Å². The Morgan fingerprint density at radius 2 is 1.73 bits per heavy atom. The van der Waals surface area contributed by atoms with Crippen molar-refractivity contribution in [2.45, 2.75) is 19.8 Å². The fraction of sp³-hybridized carbons (Fsp3) is 0.179. The van der Waals surface area contributed by atoms with Gasteiger partial charge in [-0.25, -0.2) is 13.9 Å². The normalized spacial score (nSPS) is 10.7. The molecule has 3 amide bonds. The highest BCUT2D eigenvalue weighted by Gasteiger charge is 2.20. The lowest BCUT2D eigenvalue weighted by Gasteiger charge is -2.22. The molecule has 0 saturated heterocycles. The highest BCUT2D eigenvalue weighted by Crippen LogP contribution is 2.25. The maximum atomic E-state index is 13.6. The number of hydrogen-bond acceptors (Lipinski definition) is 3. The SMILES string of the molecule is CCCCN(CC(=O)Nc1cc(-c2ccccc2)nn1-c1ccc(Cl)cc1)C(=O)Nc1cccc(F)c1. The second-order valence-electron chi connectivity index (χ2n) is 8.43. The van der Waals surface area contributed by atoms with E-state index in [1.807, 2.05) is 37.3 Å². The van der Waals surface area contributed by atoms with Crippen molar-refractivity contribution in [2.75, 3.05) is 23.7 Å². The van der Waals surface area contributed by atoms with Crippen molar-refractivity contribution in [1.29, 1.82) is 0 Å². The predicted molar refractivity (Wildman–Crippen MR) is 145 cm³/mol. The van der Waals surface area contributed by atoms with E-state index in [0.29, 0.717) is 40.9 Å². The Morgan fingerprint density at radius 3 is 2.43 bits per heavy atom. The van der Waals surface area contributed by atoms with E-state index in [4.69, 9.17) is 16.7 Å². The van der Waals surface area contributed by atoms with Crippen molar-refractivity contribution in [2.24, 2.45) is 0 Å². The molecule has 4 aromatic rings. The summed E-state index contributed by atoms with van der Waals surface area (Å²) in [5.74, 6) is -0.396. The second kappa shape index (κ2) is 12.2. The van der Waals surface area contributed by atoms with Crippen LogP contribution < -0.4 is 10.6 Å². The molecule has 0 aliphatic carbocycles. The average Bonchev–Trinajstić information content (AvgIpc) is 3.31. The molecule has 190 valence electrons. The number of unbranched alkanes of at least 4 members (excludes halogenated alkanes) is 1. The van der Waals surface area contributed by atoms with Crippen LogP contribution in [0.15, 0.2) is 84.9 Å². The molecule has 0 aliphatic heterocycles. The van der Waals surface area contributed by atoms with Crippen LogP contribution in [0, 0.1) is 5.82 Å². The summed E-state index contributed by atoms with van der Waals surface area (Å²) >= 11 is 6.06. The van der Waals surface area contributed by atoms with Gasteiger partial charge in [-0.2, -0.15) is 5.10 Å². The number of urea groups is 1. The lowest BCUT2D eigenvalue weighted by molar-refractivity contribution is -0.116. The maximum absolute atomic E-state index is 13.6. The monoisotopic (exact) mass is 519 g/mol. The lowest BCUT2D eigenvalue weighted by Crippen LogP contribution is -2.41. The van der Waals surface area contributed by atoms with Crippen molar-refractivity contribution in [3.05, 3.63) is 95.8 Å². The van der Waals surface area contributed by atoms with E-state index in [0.717, 1.165) is 12.0 Å². The molecule has 9 heteroatoms. The Morgan fingerprint density at radius 1 is 0.973 bits per heavy atom. The van der Waals surface area contributed by atoms with Crippen LogP contribution in [0.5, 0.6) is 0 Å². The first-order valence-electron chi connectivity index (χ1n) is 12.0. The number of nitrogens with zero attached hydrogens (tertiary/aromatic N) is 3. The Balaban J connectivity index is 1.55. The summed E-state index contributed by atoms with van der Waals surface area (Å²) in [5.41, 5.74) is 2.61. The molecule has 0 unspecified atom stereocenters. The largest absolute Gasteiger partial charge is 0.322 e. The van der Waals surface area contributed by atoms with Gasteiger partial charge in [0.05, 0.1) is 11.4 Å². The molecule has 1 heterocycles. The molecule has 0 bridgehead atoms. The molecule has 0 spiro atoms. The molecule has 4 rings (SSSR count). The van der Waals surface area contributed by atoms with Gasteiger partial charge in [0.1, 0.15) is 18.2 Å². The smallest absolute Gasteiger partial charge is 0.315 e. The van der Waals surface area contributed by atoms with Gasteiger partial charge in [-0.3, -0.25) is 4.79 Å². The quantitative estimate of drug-likeness (QED) is 0.261. The van der Waals surface area contributed by atoms with Crippen molar-refractivity contribution >= 4 is 35.0 Å². The van der Waals surface area contributed by atoms with Crippen molar-refractivity contribution in [3.63, 3.8) is 0 Å². The van der Waals surface area contributed by atoms with E-state index in [2.05, 4.69) is 10.6 Å². The molecule has 0 fully saturated rings. The molecule has 2 N–H and O–H groups in total.